The molecule has 0 heterocycles. The van der Waals surface area contributed by atoms with E-state index < -0.39 is 6.16 Å². The molecule has 0 N–H and O–H groups in total. The highest BCUT2D eigenvalue weighted by atomic mass is 16.7. The lowest BCUT2D eigenvalue weighted by atomic mass is 10.1. The standard InChI is InChI=1S/C21H26O5/c1-4-23-14-15-24-13-12-18-9-7-11-20(17(18)3)26-21(22)25-19-10-6-5-8-16(19)2/h5-11H,4,12-15H2,1-3H3. The Morgan fingerprint density at radius 1 is 0.846 bits per heavy atom. The third kappa shape index (κ3) is 6.17. The molecule has 0 aliphatic carbocycles. The van der Waals surface area contributed by atoms with E-state index in [0.717, 1.165) is 23.1 Å². The van der Waals surface area contributed by atoms with Crippen LogP contribution in [0, 0.1) is 13.8 Å². The molecule has 5 heteroatoms. The Bertz CT molecular complexity index is 711. The average Bonchev–Trinajstić information content (AvgIpc) is 2.63. The van der Waals surface area contributed by atoms with Crippen LogP contribution in [0.4, 0.5) is 4.79 Å². The summed E-state index contributed by atoms with van der Waals surface area (Å²) >= 11 is 0. The van der Waals surface area contributed by atoms with E-state index in [4.69, 9.17) is 18.9 Å². The lowest BCUT2D eigenvalue weighted by molar-refractivity contribution is 0.0540. The molecule has 0 unspecified atom stereocenters. The summed E-state index contributed by atoms with van der Waals surface area (Å²) in [5.41, 5.74) is 2.85. The van der Waals surface area contributed by atoms with Crippen LogP contribution in [-0.2, 0) is 15.9 Å². The van der Waals surface area contributed by atoms with Gasteiger partial charge in [0.25, 0.3) is 0 Å². The van der Waals surface area contributed by atoms with Gasteiger partial charge in [-0.1, -0.05) is 30.3 Å². The van der Waals surface area contributed by atoms with Crippen LogP contribution in [0.3, 0.4) is 0 Å². The van der Waals surface area contributed by atoms with Crippen LogP contribution in [-0.4, -0.2) is 32.6 Å². The zero-order chi connectivity index (χ0) is 18.8. The molecule has 2 aromatic carbocycles. The minimum absolute atomic E-state index is 0.494. The molecule has 0 radical (unpaired) electrons. The summed E-state index contributed by atoms with van der Waals surface area (Å²) in [5.74, 6) is 0.990. The Kier molecular flexibility index (Phi) is 8.12. The topological polar surface area (TPSA) is 54.0 Å². The van der Waals surface area contributed by atoms with E-state index in [9.17, 15) is 4.79 Å². The van der Waals surface area contributed by atoms with Gasteiger partial charge in [0.05, 0.1) is 19.8 Å². The summed E-state index contributed by atoms with van der Waals surface area (Å²) in [6.07, 6.45) is -0.00495. The monoisotopic (exact) mass is 358 g/mol. The number of para-hydroxylation sites is 1. The van der Waals surface area contributed by atoms with Gasteiger partial charge in [0.2, 0.25) is 0 Å². The fourth-order valence-electron chi connectivity index (χ4n) is 2.46. The normalized spacial score (nSPS) is 10.6. The third-order valence-electron chi connectivity index (χ3n) is 3.97. The van der Waals surface area contributed by atoms with Crippen molar-refractivity contribution in [2.75, 3.05) is 26.4 Å². The number of hydrogen-bond acceptors (Lipinski definition) is 5. The third-order valence-corrected chi connectivity index (χ3v) is 3.97. The summed E-state index contributed by atoms with van der Waals surface area (Å²) in [6.45, 7) is 8.21. The summed E-state index contributed by atoms with van der Waals surface area (Å²) < 4.78 is 21.4. The first-order chi connectivity index (χ1) is 12.6. The highest BCUT2D eigenvalue weighted by molar-refractivity contribution is 5.68. The van der Waals surface area contributed by atoms with Crippen LogP contribution in [0.1, 0.15) is 23.6 Å². The Labute approximate surface area is 154 Å². The summed E-state index contributed by atoms with van der Waals surface area (Å²) in [4.78, 5) is 12.1. The van der Waals surface area contributed by atoms with Crippen molar-refractivity contribution in [2.24, 2.45) is 0 Å². The Morgan fingerprint density at radius 2 is 1.54 bits per heavy atom. The average molecular weight is 358 g/mol. The first-order valence-corrected chi connectivity index (χ1v) is 8.81. The Morgan fingerprint density at radius 3 is 2.31 bits per heavy atom. The largest absolute Gasteiger partial charge is 0.519 e. The molecule has 0 aromatic heterocycles. The zero-order valence-corrected chi connectivity index (χ0v) is 15.6. The van der Waals surface area contributed by atoms with Gasteiger partial charge in [0.1, 0.15) is 11.5 Å². The number of carbonyl (C=O) groups excluding carboxylic acids is 1. The summed E-state index contributed by atoms with van der Waals surface area (Å²) in [5, 5.41) is 0. The molecule has 0 amide bonds. The Hall–Kier alpha value is -2.37. The molecule has 0 atom stereocenters. The molecule has 0 saturated carbocycles. The van der Waals surface area contributed by atoms with E-state index in [0.29, 0.717) is 37.9 Å². The first kappa shape index (κ1) is 19.9. The zero-order valence-electron chi connectivity index (χ0n) is 15.6. The highest BCUT2D eigenvalue weighted by Gasteiger charge is 2.13. The summed E-state index contributed by atoms with van der Waals surface area (Å²) in [7, 11) is 0. The number of aryl methyl sites for hydroxylation is 1. The van der Waals surface area contributed by atoms with Crippen molar-refractivity contribution in [1.29, 1.82) is 0 Å². The van der Waals surface area contributed by atoms with Gasteiger partial charge in [-0.15, -0.1) is 0 Å². The van der Waals surface area contributed by atoms with Crippen molar-refractivity contribution in [1.82, 2.24) is 0 Å². The van der Waals surface area contributed by atoms with Crippen molar-refractivity contribution in [3.8, 4) is 11.5 Å². The van der Waals surface area contributed by atoms with E-state index in [1.165, 1.54) is 0 Å². The number of ether oxygens (including phenoxy) is 4. The molecule has 0 aliphatic heterocycles. The Balaban J connectivity index is 1.89. The SMILES string of the molecule is CCOCCOCCc1cccc(OC(=O)Oc2ccccc2C)c1C. The second kappa shape index (κ2) is 10.6. The molecule has 5 nitrogen and oxygen atoms in total. The van der Waals surface area contributed by atoms with Gasteiger partial charge in [-0.25, -0.2) is 4.79 Å². The van der Waals surface area contributed by atoms with E-state index in [-0.39, 0.29) is 0 Å². The van der Waals surface area contributed by atoms with Crippen molar-refractivity contribution in [3.63, 3.8) is 0 Å². The first-order valence-electron chi connectivity index (χ1n) is 8.81. The van der Waals surface area contributed by atoms with Crippen LogP contribution >= 0.6 is 0 Å². The van der Waals surface area contributed by atoms with Gasteiger partial charge in [-0.2, -0.15) is 0 Å². The lowest BCUT2D eigenvalue weighted by Crippen LogP contribution is -2.15. The van der Waals surface area contributed by atoms with E-state index in [2.05, 4.69) is 0 Å². The quantitative estimate of drug-likeness (QED) is 0.376. The number of carbonyl (C=O) groups is 1. The molecule has 140 valence electrons. The minimum atomic E-state index is -0.743. The van der Waals surface area contributed by atoms with Gasteiger partial charge < -0.3 is 18.9 Å². The van der Waals surface area contributed by atoms with Crippen LogP contribution in [0.2, 0.25) is 0 Å². The fraction of sp³-hybridized carbons (Fsp3) is 0.381. The second-order valence-electron chi connectivity index (χ2n) is 5.82. The fourth-order valence-corrected chi connectivity index (χ4v) is 2.46. The van der Waals surface area contributed by atoms with Gasteiger partial charge >= 0.3 is 6.16 Å². The highest BCUT2D eigenvalue weighted by Crippen LogP contribution is 2.23. The molecule has 0 saturated heterocycles. The number of rotatable bonds is 9. The van der Waals surface area contributed by atoms with Gasteiger partial charge in [0.15, 0.2) is 0 Å². The van der Waals surface area contributed by atoms with Crippen LogP contribution in [0.25, 0.3) is 0 Å². The van der Waals surface area contributed by atoms with Gasteiger partial charge in [-0.3, -0.25) is 0 Å². The molecular weight excluding hydrogens is 332 g/mol. The van der Waals surface area contributed by atoms with Crippen molar-refractivity contribution >= 4 is 6.16 Å². The maximum Gasteiger partial charge on any atom is 0.519 e. The van der Waals surface area contributed by atoms with E-state index >= 15 is 0 Å². The van der Waals surface area contributed by atoms with E-state index in [1.807, 2.05) is 51.1 Å². The number of benzene rings is 2. The van der Waals surface area contributed by atoms with Crippen LogP contribution in [0.5, 0.6) is 11.5 Å². The molecule has 0 aliphatic rings. The number of hydrogen-bond donors (Lipinski definition) is 0. The molecule has 0 spiro atoms. The van der Waals surface area contributed by atoms with E-state index in [1.54, 1.807) is 12.1 Å². The molecule has 2 aromatic rings. The van der Waals surface area contributed by atoms with Crippen molar-refractivity contribution in [3.05, 3.63) is 59.2 Å². The molecule has 0 fully saturated rings. The van der Waals surface area contributed by atoms with Crippen molar-refractivity contribution < 1.29 is 23.7 Å². The molecule has 0 bridgehead atoms. The maximum absolute atomic E-state index is 12.1. The van der Waals surface area contributed by atoms with Gasteiger partial charge in [-0.05, 0) is 56.0 Å². The lowest BCUT2D eigenvalue weighted by Gasteiger charge is -2.12. The predicted molar refractivity (Wildman–Crippen MR) is 100 cm³/mol. The molecule has 26 heavy (non-hydrogen) atoms. The van der Waals surface area contributed by atoms with Crippen LogP contribution < -0.4 is 9.47 Å². The maximum atomic E-state index is 12.1. The summed E-state index contributed by atoms with van der Waals surface area (Å²) in [6, 6.07) is 12.9. The van der Waals surface area contributed by atoms with Crippen molar-refractivity contribution in [2.45, 2.75) is 27.2 Å². The molecule has 2 rings (SSSR count). The van der Waals surface area contributed by atoms with Gasteiger partial charge in [0, 0.05) is 6.61 Å². The van der Waals surface area contributed by atoms with Crippen LogP contribution in [0.15, 0.2) is 42.5 Å². The predicted octanol–water partition coefficient (Wildman–Crippen LogP) is 4.48. The minimum Gasteiger partial charge on any atom is -0.394 e. The smallest absolute Gasteiger partial charge is 0.394 e. The molecular formula is C21H26O5. The second-order valence-corrected chi connectivity index (χ2v) is 5.82.